The number of ether oxygens (including phenoxy) is 1. The standard InChI is InChI=1S/C13H11ClN2O5S2/c1-7(17)21-10-4-3-8(5-9(10)14)12(18)16-13-15-11(6-22-13)23(2,19)20/h3-6H,1-2H3,(H,15,16,18). The molecule has 2 rings (SSSR count). The summed E-state index contributed by atoms with van der Waals surface area (Å²) >= 11 is 6.93. The minimum Gasteiger partial charge on any atom is -0.425 e. The molecule has 0 saturated heterocycles. The molecule has 10 heteroatoms. The molecule has 2 aromatic rings. The SMILES string of the molecule is CC(=O)Oc1ccc(C(=O)Nc2nc(S(C)(=O)=O)cs2)cc1Cl. The first kappa shape index (κ1) is 17.4. The summed E-state index contributed by atoms with van der Waals surface area (Å²) in [6.07, 6.45) is 1.03. The van der Waals surface area contributed by atoms with Gasteiger partial charge in [-0.1, -0.05) is 11.6 Å². The average molecular weight is 375 g/mol. The third-order valence-corrected chi connectivity index (χ3v) is 4.70. The van der Waals surface area contributed by atoms with Gasteiger partial charge in [0.25, 0.3) is 5.91 Å². The number of nitrogens with zero attached hydrogens (tertiary/aromatic N) is 1. The highest BCUT2D eigenvalue weighted by atomic mass is 35.5. The minimum absolute atomic E-state index is 0.101. The second-order valence-corrected chi connectivity index (χ2v) is 7.68. The molecule has 0 fully saturated rings. The maximum Gasteiger partial charge on any atom is 0.308 e. The van der Waals surface area contributed by atoms with Crippen molar-refractivity contribution in [3.8, 4) is 5.75 Å². The molecule has 122 valence electrons. The summed E-state index contributed by atoms with van der Waals surface area (Å²) in [4.78, 5) is 26.8. The molecule has 1 aromatic heterocycles. The Balaban J connectivity index is 2.16. The number of anilines is 1. The zero-order valence-electron chi connectivity index (χ0n) is 12.0. The van der Waals surface area contributed by atoms with Gasteiger partial charge in [-0.3, -0.25) is 14.9 Å². The summed E-state index contributed by atoms with van der Waals surface area (Å²) in [5, 5.41) is 3.95. The molecule has 1 N–H and O–H groups in total. The highest BCUT2D eigenvalue weighted by Gasteiger charge is 2.15. The Labute approximate surface area is 141 Å². The molecule has 0 aliphatic carbocycles. The Bertz CT molecular complexity index is 876. The van der Waals surface area contributed by atoms with Crippen molar-refractivity contribution in [2.75, 3.05) is 11.6 Å². The van der Waals surface area contributed by atoms with Gasteiger partial charge in [-0.05, 0) is 18.2 Å². The predicted octanol–water partition coefficient (Wildman–Crippen LogP) is 2.38. The van der Waals surface area contributed by atoms with Gasteiger partial charge < -0.3 is 4.74 Å². The second kappa shape index (κ2) is 6.65. The predicted molar refractivity (Wildman–Crippen MR) is 85.9 cm³/mol. The number of carbonyl (C=O) groups is 2. The molecule has 1 aromatic carbocycles. The molecule has 7 nitrogen and oxygen atoms in total. The Morgan fingerprint density at radius 3 is 2.57 bits per heavy atom. The lowest BCUT2D eigenvalue weighted by molar-refractivity contribution is -0.131. The largest absolute Gasteiger partial charge is 0.425 e. The van der Waals surface area contributed by atoms with E-state index in [0.717, 1.165) is 17.6 Å². The maximum atomic E-state index is 12.1. The number of aromatic nitrogens is 1. The topological polar surface area (TPSA) is 102 Å². The van der Waals surface area contributed by atoms with Crippen molar-refractivity contribution in [2.45, 2.75) is 11.9 Å². The highest BCUT2D eigenvalue weighted by molar-refractivity contribution is 7.90. The van der Waals surface area contributed by atoms with Crippen molar-refractivity contribution < 1.29 is 22.7 Å². The zero-order chi connectivity index (χ0) is 17.2. The fourth-order valence-electron chi connectivity index (χ4n) is 1.54. The highest BCUT2D eigenvalue weighted by Crippen LogP contribution is 2.26. The van der Waals surface area contributed by atoms with E-state index < -0.39 is 21.7 Å². The number of nitrogens with one attached hydrogen (secondary N) is 1. The number of carbonyl (C=O) groups excluding carboxylic acids is 2. The zero-order valence-corrected chi connectivity index (χ0v) is 14.4. The summed E-state index contributed by atoms with van der Waals surface area (Å²) in [5.74, 6) is -0.903. The molecule has 1 amide bonds. The molecular weight excluding hydrogens is 364 g/mol. The summed E-state index contributed by atoms with van der Waals surface area (Å²) in [5.41, 5.74) is 0.210. The molecule has 0 unspecified atom stereocenters. The molecule has 0 bridgehead atoms. The van der Waals surface area contributed by atoms with Crippen LogP contribution in [0.3, 0.4) is 0 Å². The van der Waals surface area contributed by atoms with E-state index in [4.69, 9.17) is 16.3 Å². The third-order valence-electron chi connectivity index (χ3n) is 2.53. The van der Waals surface area contributed by atoms with Gasteiger partial charge in [-0.2, -0.15) is 0 Å². The fourth-order valence-corrected chi connectivity index (χ4v) is 3.48. The monoisotopic (exact) mass is 374 g/mol. The number of hydrogen-bond donors (Lipinski definition) is 1. The Kier molecular flexibility index (Phi) is 5.03. The lowest BCUT2D eigenvalue weighted by Crippen LogP contribution is -2.12. The van der Waals surface area contributed by atoms with Crippen LogP contribution in [0.4, 0.5) is 5.13 Å². The van der Waals surface area contributed by atoms with Crippen molar-refractivity contribution in [3.63, 3.8) is 0 Å². The van der Waals surface area contributed by atoms with E-state index in [-0.39, 0.29) is 26.5 Å². The molecule has 23 heavy (non-hydrogen) atoms. The van der Waals surface area contributed by atoms with E-state index in [0.29, 0.717) is 0 Å². The van der Waals surface area contributed by atoms with Gasteiger partial charge in [0.05, 0.1) is 5.02 Å². The quantitative estimate of drug-likeness (QED) is 0.651. The molecule has 0 spiro atoms. The van der Waals surface area contributed by atoms with Gasteiger partial charge in [0.15, 0.2) is 20.0 Å². The maximum absolute atomic E-state index is 12.1. The van der Waals surface area contributed by atoms with Crippen LogP contribution in [0.15, 0.2) is 28.6 Å². The van der Waals surface area contributed by atoms with E-state index >= 15 is 0 Å². The summed E-state index contributed by atoms with van der Waals surface area (Å²) in [6, 6.07) is 4.15. The Morgan fingerprint density at radius 1 is 1.35 bits per heavy atom. The van der Waals surface area contributed by atoms with Gasteiger partial charge in [-0.25, -0.2) is 13.4 Å². The van der Waals surface area contributed by atoms with Gasteiger partial charge in [0.2, 0.25) is 0 Å². The van der Waals surface area contributed by atoms with Crippen molar-refractivity contribution >= 4 is 49.8 Å². The molecule has 1 heterocycles. The lowest BCUT2D eigenvalue weighted by Gasteiger charge is -2.06. The molecular formula is C13H11ClN2O5S2. The van der Waals surface area contributed by atoms with Crippen molar-refractivity contribution in [1.82, 2.24) is 4.98 Å². The van der Waals surface area contributed by atoms with Gasteiger partial charge in [0, 0.05) is 24.1 Å². The van der Waals surface area contributed by atoms with Crippen LogP contribution < -0.4 is 10.1 Å². The smallest absolute Gasteiger partial charge is 0.308 e. The molecule has 0 aliphatic rings. The first-order chi connectivity index (χ1) is 10.7. The van der Waals surface area contributed by atoms with E-state index in [1.807, 2.05) is 0 Å². The van der Waals surface area contributed by atoms with E-state index in [9.17, 15) is 18.0 Å². The number of amides is 1. The number of esters is 1. The van der Waals surface area contributed by atoms with Crippen LogP contribution in [0.25, 0.3) is 0 Å². The second-order valence-electron chi connectivity index (χ2n) is 4.46. The fraction of sp³-hybridized carbons (Fsp3) is 0.154. The van der Waals surface area contributed by atoms with Gasteiger partial charge >= 0.3 is 5.97 Å². The lowest BCUT2D eigenvalue weighted by atomic mass is 10.2. The Morgan fingerprint density at radius 2 is 2.04 bits per heavy atom. The minimum atomic E-state index is -3.43. The van der Waals surface area contributed by atoms with Crippen molar-refractivity contribution in [2.24, 2.45) is 0 Å². The normalized spacial score (nSPS) is 11.1. The number of halogens is 1. The van der Waals surface area contributed by atoms with E-state index in [1.165, 1.54) is 30.5 Å². The number of benzene rings is 1. The van der Waals surface area contributed by atoms with Crippen LogP contribution in [0.2, 0.25) is 5.02 Å². The van der Waals surface area contributed by atoms with E-state index in [1.54, 1.807) is 0 Å². The Hall–Kier alpha value is -1.97. The van der Waals surface area contributed by atoms with Crippen molar-refractivity contribution in [3.05, 3.63) is 34.2 Å². The molecule has 0 aliphatic heterocycles. The summed E-state index contributed by atoms with van der Waals surface area (Å²) < 4.78 is 27.5. The third kappa shape index (κ3) is 4.50. The number of thiazole rings is 1. The molecule has 0 radical (unpaired) electrons. The van der Waals surface area contributed by atoms with Crippen LogP contribution in [-0.4, -0.2) is 31.5 Å². The van der Waals surface area contributed by atoms with Crippen molar-refractivity contribution in [1.29, 1.82) is 0 Å². The number of hydrogen-bond acceptors (Lipinski definition) is 7. The summed E-state index contributed by atoms with van der Waals surface area (Å²) in [6.45, 7) is 1.23. The molecule has 0 saturated carbocycles. The van der Waals surface area contributed by atoms with Crippen LogP contribution >= 0.6 is 22.9 Å². The number of sulfone groups is 1. The van der Waals surface area contributed by atoms with Crippen LogP contribution in [0, 0.1) is 0 Å². The van der Waals surface area contributed by atoms with E-state index in [2.05, 4.69) is 10.3 Å². The van der Waals surface area contributed by atoms with Crippen LogP contribution in [-0.2, 0) is 14.6 Å². The van der Waals surface area contributed by atoms with Gasteiger partial charge in [0.1, 0.15) is 5.75 Å². The average Bonchev–Trinajstić information content (AvgIpc) is 2.89. The van der Waals surface area contributed by atoms with Gasteiger partial charge in [-0.15, -0.1) is 11.3 Å². The number of rotatable bonds is 4. The summed E-state index contributed by atoms with van der Waals surface area (Å²) in [7, 11) is -3.43. The first-order valence-corrected chi connectivity index (χ1v) is 9.26. The van der Waals surface area contributed by atoms with Crippen LogP contribution in [0.1, 0.15) is 17.3 Å². The molecule has 0 atom stereocenters. The first-order valence-electron chi connectivity index (χ1n) is 6.11. The van der Waals surface area contributed by atoms with Crippen LogP contribution in [0.5, 0.6) is 5.75 Å².